The van der Waals surface area contributed by atoms with Gasteiger partial charge in [-0.3, -0.25) is 0 Å². The normalized spacial score (nSPS) is 7.43. The van der Waals surface area contributed by atoms with Crippen LogP contribution in [-0.4, -0.2) is 0 Å². The minimum absolute atomic E-state index is 0. The van der Waals surface area contributed by atoms with Crippen molar-refractivity contribution in [3.8, 4) is 0 Å². The van der Waals surface area contributed by atoms with Crippen molar-refractivity contribution in [3.63, 3.8) is 0 Å². The summed E-state index contributed by atoms with van der Waals surface area (Å²) in [7, 11) is 0. The molecule has 0 spiro atoms. The molecule has 0 atom stereocenters. The quantitative estimate of drug-likeness (QED) is 0.492. The first-order chi connectivity index (χ1) is 6.47. The average Bonchev–Trinajstić information content (AvgIpc) is 2.71. The van der Waals surface area contributed by atoms with Gasteiger partial charge in [-0.15, -0.1) is 29.7 Å². The van der Waals surface area contributed by atoms with Crippen molar-refractivity contribution >= 4 is 10.8 Å². The Hall–Kier alpha value is -0.300. The molecular weight excluding hydrogens is 335 g/mol. The Balaban J connectivity index is 0. The number of rotatable bonds is 0. The molecule has 0 aliphatic carbocycles. The van der Waals surface area contributed by atoms with E-state index in [-0.39, 0.29) is 25.8 Å². The largest absolute Gasteiger partial charge is 0.346 e. The van der Waals surface area contributed by atoms with Crippen LogP contribution >= 0.6 is 0 Å². The van der Waals surface area contributed by atoms with E-state index in [2.05, 4.69) is 56.3 Å². The smallest absolute Gasteiger partial charge is 0 e. The van der Waals surface area contributed by atoms with Crippen LogP contribution in [0.4, 0.5) is 0 Å². The second-order valence-corrected chi connectivity index (χ2v) is 2.15. The summed E-state index contributed by atoms with van der Waals surface area (Å²) in [5, 5.41) is 2.66. The van der Waals surface area contributed by atoms with E-state index in [0.717, 1.165) is 0 Å². The van der Waals surface area contributed by atoms with Crippen LogP contribution in [0.5, 0.6) is 0 Å². The molecule has 0 aliphatic rings. The predicted octanol–water partition coefficient (Wildman–Crippen LogP) is 4.24. The van der Waals surface area contributed by atoms with Gasteiger partial charge in [-0.2, -0.15) is 31.4 Å². The van der Waals surface area contributed by atoms with Crippen molar-refractivity contribution < 1.29 is 25.8 Å². The van der Waals surface area contributed by atoms with E-state index in [0.29, 0.717) is 0 Å². The fraction of sp³-hybridized carbons (Fsp3) is 0.154. The van der Waals surface area contributed by atoms with E-state index in [1.807, 2.05) is 0 Å². The van der Waals surface area contributed by atoms with E-state index < -0.39 is 0 Å². The van der Waals surface area contributed by atoms with Crippen molar-refractivity contribution in [1.29, 1.82) is 0 Å². The van der Waals surface area contributed by atoms with Gasteiger partial charge >= 0.3 is 0 Å². The second-order valence-electron chi connectivity index (χ2n) is 2.15. The van der Waals surface area contributed by atoms with Crippen molar-refractivity contribution in [1.82, 2.24) is 0 Å². The summed E-state index contributed by atoms with van der Waals surface area (Å²) in [5.74, 6) is 0. The molecule has 0 bridgehead atoms. The van der Waals surface area contributed by atoms with Crippen molar-refractivity contribution in [3.05, 3.63) is 56.3 Å². The summed E-state index contributed by atoms with van der Waals surface area (Å²) in [6.07, 6.45) is 0. The summed E-state index contributed by atoms with van der Waals surface area (Å²) in [5.41, 5.74) is 0. The number of hydrogen-bond acceptors (Lipinski definition) is 0. The molecule has 0 nitrogen and oxygen atoms in total. The van der Waals surface area contributed by atoms with Crippen LogP contribution in [-0.2, 0) is 25.8 Å². The molecular formula is C13H17Hf-3. The first kappa shape index (κ1) is 16.1. The van der Waals surface area contributed by atoms with E-state index in [9.17, 15) is 0 Å². The Morgan fingerprint density at radius 1 is 0.929 bits per heavy atom. The SMILES string of the molecule is [CH2-]C.[CH2-]C.[Hf].c1ccc2[cH-]ccc2c1. The van der Waals surface area contributed by atoms with Crippen molar-refractivity contribution in [2.24, 2.45) is 0 Å². The van der Waals surface area contributed by atoms with E-state index >= 15 is 0 Å². The summed E-state index contributed by atoms with van der Waals surface area (Å²) in [6.45, 7) is 10.0. The van der Waals surface area contributed by atoms with Crippen LogP contribution in [0.25, 0.3) is 10.8 Å². The zero-order valence-electron chi connectivity index (χ0n) is 8.96. The molecule has 2 rings (SSSR count). The summed E-state index contributed by atoms with van der Waals surface area (Å²) >= 11 is 0. The van der Waals surface area contributed by atoms with Crippen molar-refractivity contribution in [2.75, 3.05) is 0 Å². The Morgan fingerprint density at radius 3 is 2.07 bits per heavy atom. The molecule has 0 heterocycles. The number of hydrogen-bond donors (Lipinski definition) is 0. The molecule has 0 saturated heterocycles. The van der Waals surface area contributed by atoms with Gasteiger partial charge in [0.25, 0.3) is 0 Å². The van der Waals surface area contributed by atoms with Gasteiger partial charge in [-0.25, -0.2) is 0 Å². The van der Waals surface area contributed by atoms with Gasteiger partial charge in [0.05, 0.1) is 0 Å². The van der Waals surface area contributed by atoms with Gasteiger partial charge < -0.3 is 13.8 Å². The van der Waals surface area contributed by atoms with Gasteiger partial charge in [0.1, 0.15) is 0 Å². The topological polar surface area (TPSA) is 0 Å². The molecule has 0 unspecified atom stereocenters. The molecule has 0 aliphatic heterocycles. The van der Waals surface area contributed by atoms with E-state index in [1.54, 1.807) is 13.8 Å². The van der Waals surface area contributed by atoms with Gasteiger partial charge in [0, 0.05) is 25.8 Å². The first-order valence-corrected chi connectivity index (χ1v) is 4.49. The van der Waals surface area contributed by atoms with Crippen LogP contribution in [0.2, 0.25) is 0 Å². The molecule has 0 N–H and O–H groups in total. The molecule has 14 heavy (non-hydrogen) atoms. The maximum absolute atomic E-state index is 3.25. The van der Waals surface area contributed by atoms with E-state index in [1.165, 1.54) is 10.8 Å². The van der Waals surface area contributed by atoms with Crippen LogP contribution in [0.15, 0.2) is 42.5 Å². The second kappa shape index (κ2) is 10.8. The fourth-order valence-electron chi connectivity index (χ4n) is 1.07. The van der Waals surface area contributed by atoms with Crippen molar-refractivity contribution in [2.45, 2.75) is 13.8 Å². The zero-order chi connectivity index (χ0) is 10.1. The first-order valence-electron chi connectivity index (χ1n) is 4.49. The third-order valence-corrected chi connectivity index (χ3v) is 1.55. The summed E-state index contributed by atoms with van der Waals surface area (Å²) in [6, 6.07) is 14.7. The zero-order valence-corrected chi connectivity index (χ0v) is 12.5. The van der Waals surface area contributed by atoms with Gasteiger partial charge in [-0.05, 0) is 0 Å². The average molecular weight is 352 g/mol. The van der Waals surface area contributed by atoms with Crippen LogP contribution in [0, 0.1) is 13.8 Å². The Bertz CT molecular complexity index is 279. The Morgan fingerprint density at radius 2 is 1.50 bits per heavy atom. The third kappa shape index (κ3) is 4.80. The standard InChI is InChI=1S/C9H7.2C2H5.Hf/c1-2-5-9-7-3-6-8(9)4-1;2*1-2;/h1-7H;2*1H2,2H3;/q3*-1;. The van der Waals surface area contributed by atoms with Crippen LogP contribution in [0.1, 0.15) is 13.8 Å². The molecule has 0 radical (unpaired) electrons. The maximum Gasteiger partial charge on any atom is 0 e. The molecule has 0 saturated carbocycles. The Kier molecular flexibility index (Phi) is 12.4. The predicted molar refractivity (Wildman–Crippen MR) is 61.6 cm³/mol. The minimum Gasteiger partial charge on any atom is -0.346 e. The van der Waals surface area contributed by atoms with Gasteiger partial charge in [0.2, 0.25) is 0 Å². The van der Waals surface area contributed by atoms with Gasteiger partial charge in [0.15, 0.2) is 0 Å². The monoisotopic (exact) mass is 353 g/mol. The number of benzene rings is 1. The number of fused-ring (bicyclic) bond motifs is 1. The molecule has 0 amide bonds. The summed E-state index contributed by atoms with van der Waals surface area (Å²) in [4.78, 5) is 0. The van der Waals surface area contributed by atoms with Crippen LogP contribution < -0.4 is 0 Å². The summed E-state index contributed by atoms with van der Waals surface area (Å²) < 4.78 is 0. The van der Waals surface area contributed by atoms with Crippen LogP contribution in [0.3, 0.4) is 0 Å². The van der Waals surface area contributed by atoms with E-state index in [4.69, 9.17) is 0 Å². The molecule has 1 heteroatoms. The minimum atomic E-state index is 0. The molecule has 2 aromatic rings. The van der Waals surface area contributed by atoms with Gasteiger partial charge in [-0.1, -0.05) is 6.07 Å². The fourth-order valence-corrected chi connectivity index (χ4v) is 1.07. The maximum atomic E-state index is 3.25. The molecule has 0 fully saturated rings. The Labute approximate surface area is 106 Å². The third-order valence-electron chi connectivity index (χ3n) is 1.55. The molecule has 0 aromatic heterocycles. The molecule has 76 valence electrons. The molecule has 2 aromatic carbocycles.